The van der Waals surface area contributed by atoms with Crippen molar-refractivity contribution in [3.63, 3.8) is 0 Å². The summed E-state index contributed by atoms with van der Waals surface area (Å²) < 4.78 is 9.39. The van der Waals surface area contributed by atoms with E-state index in [-0.39, 0.29) is 5.41 Å². The molecule has 0 amide bonds. The van der Waals surface area contributed by atoms with E-state index in [1.165, 1.54) is 48.1 Å². The number of thiophene rings is 1. The highest BCUT2D eigenvalue weighted by Crippen LogP contribution is 2.52. The van der Waals surface area contributed by atoms with Crippen molar-refractivity contribution in [1.82, 2.24) is 0 Å². The zero-order chi connectivity index (χ0) is 28.0. The van der Waals surface area contributed by atoms with Gasteiger partial charge < -0.3 is 9.32 Å². The molecule has 0 N–H and O–H groups in total. The number of rotatable bonds is 2. The van der Waals surface area contributed by atoms with E-state index in [0.717, 1.165) is 33.4 Å². The Morgan fingerprint density at radius 3 is 2.05 bits per heavy atom. The van der Waals surface area contributed by atoms with Gasteiger partial charge in [-0.15, -0.1) is 11.3 Å². The third-order valence-corrected chi connectivity index (χ3v) is 10.2. The lowest BCUT2D eigenvalue weighted by molar-refractivity contribution is 0.632. The highest BCUT2D eigenvalue weighted by atomic mass is 32.1. The Labute approximate surface area is 248 Å². The molecular weight excluding hydrogens is 531 g/mol. The average Bonchev–Trinajstić information content (AvgIpc) is 3.60. The van der Waals surface area contributed by atoms with Gasteiger partial charge >= 0.3 is 0 Å². The van der Waals surface area contributed by atoms with Gasteiger partial charge in [-0.3, -0.25) is 0 Å². The molecule has 200 valence electrons. The molecule has 3 heterocycles. The Bertz CT molecular complexity index is 2310. The number of anilines is 3. The van der Waals surface area contributed by atoms with Crippen LogP contribution in [0.4, 0.5) is 17.1 Å². The largest absolute Gasteiger partial charge is 0.455 e. The molecule has 0 unspecified atom stereocenters. The number of hydrogen-bond acceptors (Lipinski definition) is 3. The molecule has 0 saturated carbocycles. The second kappa shape index (κ2) is 8.58. The molecule has 0 saturated heterocycles. The first-order valence-electron chi connectivity index (χ1n) is 14.4. The minimum absolute atomic E-state index is 0.0850. The minimum atomic E-state index is -0.0850. The smallest absolute Gasteiger partial charge is 0.144 e. The lowest BCUT2D eigenvalue weighted by atomic mass is 9.73. The maximum Gasteiger partial charge on any atom is 0.144 e. The van der Waals surface area contributed by atoms with Crippen LogP contribution >= 0.6 is 11.3 Å². The zero-order valence-corrected chi connectivity index (χ0v) is 24.2. The van der Waals surface area contributed by atoms with Gasteiger partial charge in [0.15, 0.2) is 0 Å². The first-order chi connectivity index (χ1) is 20.6. The maximum atomic E-state index is 6.84. The van der Waals surface area contributed by atoms with Gasteiger partial charge in [0.1, 0.15) is 11.2 Å². The van der Waals surface area contributed by atoms with Gasteiger partial charge in [-0.25, -0.2) is 0 Å². The van der Waals surface area contributed by atoms with Gasteiger partial charge in [-0.1, -0.05) is 98.8 Å². The summed E-state index contributed by atoms with van der Waals surface area (Å²) in [5.74, 6) is 0. The van der Waals surface area contributed by atoms with Crippen molar-refractivity contribution in [2.45, 2.75) is 19.3 Å². The molecule has 0 aliphatic carbocycles. The number of fused-ring (bicyclic) bond motifs is 9. The standard InChI is InChI=1S/C39H27NOS/c1-39(2)30-16-4-6-18-32(30)40(33-19-7-5-17-31(33)39)25-12-9-11-24(23-25)26-14-10-15-27-28-21-22-35-36(38(28)41-37(26)27)29-13-3-8-20-34(29)42-35/h3-23H,1-2H3. The van der Waals surface area contributed by atoms with E-state index in [9.17, 15) is 0 Å². The summed E-state index contributed by atoms with van der Waals surface area (Å²) in [6.07, 6.45) is 0. The van der Waals surface area contributed by atoms with Crippen molar-refractivity contribution in [2.75, 3.05) is 4.90 Å². The van der Waals surface area contributed by atoms with Crippen molar-refractivity contribution in [3.8, 4) is 11.1 Å². The monoisotopic (exact) mass is 557 g/mol. The summed E-state index contributed by atoms with van der Waals surface area (Å²) in [5.41, 5.74) is 10.3. The fraction of sp³-hybridized carbons (Fsp3) is 0.0769. The summed E-state index contributed by atoms with van der Waals surface area (Å²) in [5, 5.41) is 4.80. The van der Waals surface area contributed by atoms with Crippen LogP contribution in [-0.2, 0) is 5.41 Å². The highest BCUT2D eigenvalue weighted by Gasteiger charge is 2.36. The molecule has 0 bridgehead atoms. The van der Waals surface area contributed by atoms with Crippen LogP contribution in [0.5, 0.6) is 0 Å². The maximum absolute atomic E-state index is 6.84. The average molecular weight is 558 g/mol. The van der Waals surface area contributed by atoms with Crippen LogP contribution in [0.25, 0.3) is 53.2 Å². The van der Waals surface area contributed by atoms with E-state index >= 15 is 0 Å². The van der Waals surface area contributed by atoms with Crippen molar-refractivity contribution in [1.29, 1.82) is 0 Å². The molecule has 0 atom stereocenters. The SMILES string of the molecule is CC1(C)c2ccccc2N(c2cccc(-c3cccc4c3oc3c4ccc4sc5ccccc5c43)c2)c2ccccc21. The number of furan rings is 1. The Morgan fingerprint density at radius 1 is 0.571 bits per heavy atom. The molecular formula is C39H27NOS. The van der Waals surface area contributed by atoms with E-state index in [2.05, 4.69) is 146 Å². The molecule has 2 nitrogen and oxygen atoms in total. The van der Waals surface area contributed by atoms with Gasteiger partial charge in [0.05, 0.1) is 11.4 Å². The summed E-state index contributed by atoms with van der Waals surface area (Å²) in [4.78, 5) is 2.42. The van der Waals surface area contributed by atoms with Crippen molar-refractivity contribution < 1.29 is 4.42 Å². The summed E-state index contributed by atoms with van der Waals surface area (Å²) in [6.45, 7) is 4.66. The second-order valence-corrected chi connectivity index (χ2v) is 12.8. The number of benzene rings is 6. The second-order valence-electron chi connectivity index (χ2n) is 11.7. The molecule has 0 spiro atoms. The van der Waals surface area contributed by atoms with Gasteiger partial charge in [0.25, 0.3) is 0 Å². The lowest BCUT2D eigenvalue weighted by Gasteiger charge is -2.42. The van der Waals surface area contributed by atoms with Gasteiger partial charge in [-0.2, -0.15) is 0 Å². The fourth-order valence-corrected chi connectivity index (χ4v) is 8.16. The molecule has 9 rings (SSSR count). The van der Waals surface area contributed by atoms with Crippen LogP contribution in [0.3, 0.4) is 0 Å². The third-order valence-electron chi connectivity index (χ3n) is 9.06. The molecule has 0 fully saturated rings. The topological polar surface area (TPSA) is 16.4 Å². The fourth-order valence-electron chi connectivity index (χ4n) is 7.05. The zero-order valence-electron chi connectivity index (χ0n) is 23.4. The van der Waals surface area contributed by atoms with E-state index in [1.54, 1.807) is 0 Å². The Balaban J connectivity index is 1.27. The van der Waals surface area contributed by atoms with E-state index < -0.39 is 0 Å². The van der Waals surface area contributed by atoms with E-state index in [4.69, 9.17) is 4.42 Å². The lowest BCUT2D eigenvalue weighted by Crippen LogP contribution is -2.30. The molecule has 2 aromatic heterocycles. The Morgan fingerprint density at radius 2 is 1.24 bits per heavy atom. The normalized spacial score (nSPS) is 14.1. The number of hydrogen-bond donors (Lipinski definition) is 0. The molecule has 1 aliphatic heterocycles. The summed E-state index contributed by atoms with van der Waals surface area (Å²) in [6, 6.07) is 46.2. The molecule has 6 aromatic carbocycles. The number of para-hydroxylation sites is 3. The Hall–Kier alpha value is -4.86. The molecule has 3 heteroatoms. The summed E-state index contributed by atoms with van der Waals surface area (Å²) >= 11 is 1.83. The van der Waals surface area contributed by atoms with E-state index in [1.807, 2.05) is 11.3 Å². The predicted octanol–water partition coefficient (Wildman–Crippen LogP) is 11.7. The van der Waals surface area contributed by atoms with Crippen molar-refractivity contribution in [2.24, 2.45) is 0 Å². The quantitative estimate of drug-likeness (QED) is 0.210. The summed E-state index contributed by atoms with van der Waals surface area (Å²) in [7, 11) is 0. The first-order valence-corrected chi connectivity index (χ1v) is 15.3. The van der Waals surface area contributed by atoms with Crippen molar-refractivity contribution in [3.05, 3.63) is 139 Å². The molecule has 42 heavy (non-hydrogen) atoms. The van der Waals surface area contributed by atoms with Crippen LogP contribution < -0.4 is 4.90 Å². The van der Waals surface area contributed by atoms with Crippen LogP contribution in [0.2, 0.25) is 0 Å². The molecule has 1 aliphatic rings. The van der Waals surface area contributed by atoms with Crippen LogP contribution in [0.1, 0.15) is 25.0 Å². The van der Waals surface area contributed by atoms with Gasteiger partial charge in [-0.05, 0) is 59.2 Å². The predicted molar refractivity (Wildman–Crippen MR) is 179 cm³/mol. The number of nitrogens with zero attached hydrogens (tertiary/aromatic N) is 1. The first kappa shape index (κ1) is 23.8. The van der Waals surface area contributed by atoms with E-state index in [0.29, 0.717) is 0 Å². The van der Waals surface area contributed by atoms with Crippen LogP contribution in [0.15, 0.2) is 132 Å². The minimum Gasteiger partial charge on any atom is -0.455 e. The van der Waals surface area contributed by atoms with Crippen molar-refractivity contribution >= 4 is 70.5 Å². The van der Waals surface area contributed by atoms with Crippen LogP contribution in [0, 0.1) is 0 Å². The molecule has 0 radical (unpaired) electrons. The Kier molecular flexibility index (Phi) is 4.86. The van der Waals surface area contributed by atoms with Crippen LogP contribution in [-0.4, -0.2) is 0 Å². The third kappa shape index (κ3) is 3.20. The molecule has 8 aromatic rings. The van der Waals surface area contributed by atoms with Gasteiger partial charge in [0.2, 0.25) is 0 Å². The highest BCUT2D eigenvalue weighted by molar-refractivity contribution is 7.26. The van der Waals surface area contributed by atoms with Gasteiger partial charge in [0, 0.05) is 47.6 Å².